The Labute approximate surface area is 177 Å². The number of allylic oxidation sites excluding steroid dienone is 1. The summed E-state index contributed by atoms with van der Waals surface area (Å²) in [5.41, 5.74) is -0.597. The van der Waals surface area contributed by atoms with E-state index >= 15 is 0 Å². The molecule has 2 fully saturated rings. The van der Waals surface area contributed by atoms with Crippen molar-refractivity contribution in [2.75, 3.05) is 6.61 Å². The first-order valence-electron chi connectivity index (χ1n) is 12.2. The average molecular weight is 409 g/mol. The second-order valence-corrected chi connectivity index (χ2v) is 9.66. The Balaban J connectivity index is 1.75. The third kappa shape index (κ3) is 8.90. The van der Waals surface area contributed by atoms with Crippen molar-refractivity contribution in [2.45, 2.75) is 115 Å². The van der Waals surface area contributed by atoms with Gasteiger partial charge in [-0.2, -0.15) is 0 Å². The van der Waals surface area contributed by atoms with E-state index < -0.39 is 5.60 Å². The fourth-order valence-electron chi connectivity index (χ4n) is 4.96. The Bertz CT molecular complexity index is 497. The number of ketones is 1. The second-order valence-electron chi connectivity index (χ2n) is 9.66. The number of carbonyl (C=O) groups is 1. The van der Waals surface area contributed by atoms with Gasteiger partial charge in [0.15, 0.2) is 0 Å². The van der Waals surface area contributed by atoms with Gasteiger partial charge in [0.25, 0.3) is 0 Å². The highest BCUT2D eigenvalue weighted by Gasteiger charge is 2.42. The average Bonchev–Trinajstić information content (AvgIpc) is 3.48. The lowest BCUT2D eigenvalue weighted by Gasteiger charge is -2.27. The van der Waals surface area contributed by atoms with E-state index in [4.69, 9.17) is 5.11 Å². The van der Waals surface area contributed by atoms with Crippen molar-refractivity contribution in [1.82, 2.24) is 0 Å². The number of carbonyl (C=O) groups excluding carboxylic acids is 1. The van der Waals surface area contributed by atoms with Crippen LogP contribution in [0.5, 0.6) is 0 Å². The van der Waals surface area contributed by atoms with Crippen molar-refractivity contribution < 1.29 is 20.1 Å². The van der Waals surface area contributed by atoms with Crippen LogP contribution in [0.2, 0.25) is 0 Å². The molecule has 0 saturated heterocycles. The smallest absolute Gasteiger partial charge is 0.136 e. The van der Waals surface area contributed by atoms with E-state index in [0.717, 1.165) is 83.5 Å². The lowest BCUT2D eigenvalue weighted by molar-refractivity contribution is -0.121. The van der Waals surface area contributed by atoms with E-state index in [1.54, 1.807) is 0 Å². The van der Waals surface area contributed by atoms with Gasteiger partial charge in [0.2, 0.25) is 0 Å². The molecule has 2 saturated carbocycles. The van der Waals surface area contributed by atoms with E-state index in [0.29, 0.717) is 30.5 Å². The van der Waals surface area contributed by atoms with Crippen molar-refractivity contribution in [3.63, 3.8) is 0 Å². The number of Topliss-reactive ketones (excluding diaryl/α,β-unsaturated/α-hetero) is 1. The van der Waals surface area contributed by atoms with Crippen LogP contribution in [-0.2, 0) is 4.79 Å². The van der Waals surface area contributed by atoms with Crippen LogP contribution in [0.15, 0.2) is 12.2 Å². The van der Waals surface area contributed by atoms with Crippen molar-refractivity contribution >= 4 is 5.78 Å². The molecule has 0 aromatic heterocycles. The molecule has 0 radical (unpaired) electrons. The van der Waals surface area contributed by atoms with Crippen LogP contribution < -0.4 is 0 Å². The Morgan fingerprint density at radius 1 is 1.07 bits per heavy atom. The van der Waals surface area contributed by atoms with Crippen LogP contribution in [0.25, 0.3) is 0 Å². The molecule has 0 heterocycles. The number of aliphatic hydroxyl groups excluding tert-OH is 2. The molecule has 0 spiro atoms. The molecule has 0 aromatic rings. The van der Waals surface area contributed by atoms with Gasteiger partial charge in [0.05, 0.1) is 11.7 Å². The summed E-state index contributed by atoms with van der Waals surface area (Å²) in [4.78, 5) is 12.3. The predicted octanol–water partition coefficient (Wildman–Crippen LogP) is 4.94. The van der Waals surface area contributed by atoms with Crippen LogP contribution in [0.4, 0.5) is 0 Å². The largest absolute Gasteiger partial charge is 0.396 e. The maximum absolute atomic E-state index is 12.3. The molecule has 168 valence electrons. The topological polar surface area (TPSA) is 77.8 Å². The van der Waals surface area contributed by atoms with E-state index in [1.165, 1.54) is 0 Å². The van der Waals surface area contributed by atoms with E-state index in [1.807, 2.05) is 6.92 Å². The lowest BCUT2D eigenvalue weighted by Crippen LogP contribution is -2.30. The molecule has 2 rings (SSSR count). The van der Waals surface area contributed by atoms with Crippen LogP contribution in [0, 0.1) is 17.8 Å². The molecule has 4 nitrogen and oxygen atoms in total. The Hall–Kier alpha value is -0.710. The Morgan fingerprint density at radius 3 is 2.48 bits per heavy atom. The second kappa shape index (κ2) is 12.9. The van der Waals surface area contributed by atoms with E-state index in [2.05, 4.69) is 12.2 Å². The maximum atomic E-state index is 12.3. The number of unbranched alkanes of at least 4 members (excludes halogenated alkanes) is 5. The molecule has 0 amide bonds. The highest BCUT2D eigenvalue weighted by Crippen LogP contribution is 2.45. The van der Waals surface area contributed by atoms with Gasteiger partial charge in [0.1, 0.15) is 5.78 Å². The Morgan fingerprint density at radius 2 is 1.79 bits per heavy atom. The van der Waals surface area contributed by atoms with Crippen LogP contribution >= 0.6 is 0 Å². The molecule has 2 aliphatic carbocycles. The molecule has 0 aliphatic heterocycles. The molecule has 4 atom stereocenters. The molecular weight excluding hydrogens is 364 g/mol. The third-order valence-corrected chi connectivity index (χ3v) is 7.00. The SMILES string of the molecule is CC(O)CCCCC(O)(CC=C[C@H]1CCC(=O)[C@@H]1CCCCCCCO)C1CC1. The van der Waals surface area contributed by atoms with Crippen molar-refractivity contribution in [2.24, 2.45) is 17.8 Å². The molecule has 29 heavy (non-hydrogen) atoms. The molecule has 4 heteroatoms. The summed E-state index contributed by atoms with van der Waals surface area (Å²) >= 11 is 0. The summed E-state index contributed by atoms with van der Waals surface area (Å²) in [6, 6.07) is 0. The quantitative estimate of drug-likeness (QED) is 0.250. The zero-order chi connectivity index (χ0) is 21.1. The molecule has 2 aliphatic rings. The number of hydrogen-bond donors (Lipinski definition) is 3. The fraction of sp³-hybridized carbons (Fsp3) is 0.880. The third-order valence-electron chi connectivity index (χ3n) is 7.00. The van der Waals surface area contributed by atoms with Crippen LogP contribution in [-0.4, -0.2) is 39.4 Å². The van der Waals surface area contributed by atoms with Gasteiger partial charge in [-0.05, 0) is 70.1 Å². The Kier molecular flexibility index (Phi) is 10.9. The first-order valence-corrected chi connectivity index (χ1v) is 12.2. The summed E-state index contributed by atoms with van der Waals surface area (Å²) in [6.45, 7) is 2.10. The zero-order valence-electron chi connectivity index (χ0n) is 18.5. The van der Waals surface area contributed by atoms with Gasteiger partial charge in [-0.25, -0.2) is 0 Å². The van der Waals surface area contributed by atoms with Crippen molar-refractivity contribution in [1.29, 1.82) is 0 Å². The monoisotopic (exact) mass is 408 g/mol. The lowest BCUT2D eigenvalue weighted by atomic mass is 9.85. The summed E-state index contributed by atoms with van der Waals surface area (Å²) in [5.74, 6) is 1.37. The number of rotatable bonds is 16. The minimum atomic E-state index is -0.597. The minimum absolute atomic E-state index is 0.171. The molecule has 2 unspecified atom stereocenters. The molecule has 3 N–H and O–H groups in total. The minimum Gasteiger partial charge on any atom is -0.396 e. The van der Waals surface area contributed by atoms with Gasteiger partial charge >= 0.3 is 0 Å². The summed E-state index contributed by atoms with van der Waals surface area (Å²) in [5, 5.41) is 29.4. The summed E-state index contributed by atoms with van der Waals surface area (Å²) in [6.07, 6.45) is 18.6. The van der Waals surface area contributed by atoms with Gasteiger partial charge < -0.3 is 15.3 Å². The number of hydrogen-bond acceptors (Lipinski definition) is 4. The predicted molar refractivity (Wildman–Crippen MR) is 118 cm³/mol. The van der Waals surface area contributed by atoms with Gasteiger partial charge in [-0.15, -0.1) is 0 Å². The van der Waals surface area contributed by atoms with Crippen LogP contribution in [0.3, 0.4) is 0 Å². The fourth-order valence-corrected chi connectivity index (χ4v) is 4.96. The maximum Gasteiger partial charge on any atom is 0.136 e. The van der Waals surface area contributed by atoms with Crippen molar-refractivity contribution in [3.05, 3.63) is 12.2 Å². The van der Waals surface area contributed by atoms with Crippen LogP contribution in [0.1, 0.15) is 103 Å². The summed E-state index contributed by atoms with van der Waals surface area (Å²) < 4.78 is 0. The molecule has 0 bridgehead atoms. The van der Waals surface area contributed by atoms with Gasteiger partial charge in [-0.1, -0.05) is 50.7 Å². The van der Waals surface area contributed by atoms with Crippen molar-refractivity contribution in [3.8, 4) is 0 Å². The highest BCUT2D eigenvalue weighted by molar-refractivity contribution is 5.83. The standard InChI is InChI=1S/C25H44O4/c1-20(27)10-6-7-17-25(29,22-14-15-22)18-9-11-21-13-16-24(28)23(21)12-5-3-2-4-8-19-26/h9,11,20-23,26-27,29H,2-8,10,12-19H2,1H3/t20?,21-,23+,25?/m0/s1. The van der Waals surface area contributed by atoms with Gasteiger partial charge in [-0.3, -0.25) is 4.79 Å². The molecular formula is C25H44O4. The first kappa shape index (κ1) is 24.6. The van der Waals surface area contributed by atoms with E-state index in [-0.39, 0.29) is 18.6 Å². The first-order chi connectivity index (χ1) is 14.0. The molecule has 0 aromatic carbocycles. The van der Waals surface area contributed by atoms with Gasteiger partial charge in [0, 0.05) is 18.9 Å². The normalized spacial score (nSPS) is 25.6. The summed E-state index contributed by atoms with van der Waals surface area (Å²) in [7, 11) is 0. The highest BCUT2D eigenvalue weighted by atomic mass is 16.3. The number of aliphatic hydroxyl groups is 3. The van der Waals surface area contributed by atoms with E-state index in [9.17, 15) is 15.0 Å². The zero-order valence-corrected chi connectivity index (χ0v) is 18.5.